The molecule has 0 aromatic carbocycles. The van der Waals surface area contributed by atoms with Crippen molar-refractivity contribution in [2.75, 3.05) is 5.75 Å². The Hall–Kier alpha value is 0.130. The fourth-order valence-corrected chi connectivity index (χ4v) is 0.203. The van der Waals surface area contributed by atoms with Crippen molar-refractivity contribution in [3.05, 3.63) is 0 Å². The number of hydrogen-bond donors (Lipinski definition) is 4. The van der Waals surface area contributed by atoms with Crippen molar-refractivity contribution in [2.24, 2.45) is 0 Å². The summed E-state index contributed by atoms with van der Waals surface area (Å²) < 4.78 is 0. The maximum atomic E-state index is 9.88. The van der Waals surface area contributed by atoms with Crippen LogP contribution in [-0.4, -0.2) is 26.9 Å². The van der Waals surface area contributed by atoms with Crippen LogP contribution in [0.4, 0.5) is 0 Å². The van der Waals surface area contributed by atoms with Gasteiger partial charge in [0.2, 0.25) is 4.93 Å². The summed E-state index contributed by atoms with van der Waals surface area (Å²) in [4.78, 5) is 7.89. The molecule has 0 aromatic heterocycles. The average molecular weight is 154 g/mol. The van der Waals surface area contributed by atoms with Crippen LogP contribution < -0.4 is 0 Å². The first-order valence-electron chi connectivity index (χ1n) is 1.79. The lowest BCUT2D eigenvalue weighted by Gasteiger charge is -2.11. The number of thiol groups is 2. The van der Waals surface area contributed by atoms with Crippen molar-refractivity contribution in [3.63, 3.8) is 0 Å². The monoisotopic (exact) mass is 154 g/mol. The van der Waals surface area contributed by atoms with Crippen molar-refractivity contribution in [1.29, 1.82) is 0 Å². The van der Waals surface area contributed by atoms with E-state index in [0.29, 0.717) is 0 Å². The number of carboxylic acid groups (broad SMARTS) is 1. The number of aliphatic hydroxyl groups is 1. The molecule has 0 spiro atoms. The minimum absolute atomic E-state index is 0.203. The van der Waals surface area contributed by atoms with Crippen LogP contribution in [-0.2, 0) is 4.79 Å². The quantitative estimate of drug-likeness (QED) is 0.324. The molecule has 48 valence electrons. The van der Waals surface area contributed by atoms with Gasteiger partial charge in [-0.1, -0.05) is 0 Å². The van der Waals surface area contributed by atoms with Gasteiger partial charge in [0, 0.05) is 5.75 Å². The van der Waals surface area contributed by atoms with Gasteiger partial charge >= 0.3 is 5.97 Å². The molecule has 0 bridgehead atoms. The van der Waals surface area contributed by atoms with E-state index >= 15 is 0 Å². The first-order valence-corrected chi connectivity index (χ1v) is 2.87. The van der Waals surface area contributed by atoms with Crippen molar-refractivity contribution in [2.45, 2.75) is 4.93 Å². The van der Waals surface area contributed by atoms with Crippen LogP contribution >= 0.6 is 25.3 Å². The maximum absolute atomic E-state index is 9.88. The molecule has 0 heterocycles. The second-order valence-corrected chi connectivity index (χ2v) is 2.34. The fourth-order valence-electron chi connectivity index (χ4n) is 0.0676. The Morgan fingerprint density at radius 3 is 2.12 bits per heavy atom. The zero-order valence-corrected chi connectivity index (χ0v) is 5.69. The lowest BCUT2D eigenvalue weighted by molar-refractivity contribution is -0.147. The average Bonchev–Trinajstić information content (AvgIpc) is 1.67. The van der Waals surface area contributed by atoms with E-state index in [1.807, 2.05) is 0 Å². The van der Waals surface area contributed by atoms with Gasteiger partial charge in [-0.25, -0.2) is 4.79 Å². The molecule has 0 aromatic rings. The molecule has 1 unspecified atom stereocenters. The highest BCUT2D eigenvalue weighted by molar-refractivity contribution is 7.85. The molecule has 0 rings (SSSR count). The minimum atomic E-state index is -1.98. The van der Waals surface area contributed by atoms with Gasteiger partial charge in [-0.15, -0.1) is 12.6 Å². The maximum Gasteiger partial charge on any atom is 0.347 e. The lowest BCUT2D eigenvalue weighted by atomic mass is 10.4. The molecule has 5 heteroatoms. The molecule has 2 N–H and O–H groups in total. The second kappa shape index (κ2) is 2.61. The summed E-state index contributed by atoms with van der Waals surface area (Å²) in [6.45, 7) is 0. The second-order valence-electron chi connectivity index (χ2n) is 1.28. The minimum Gasteiger partial charge on any atom is -0.478 e. The first-order chi connectivity index (χ1) is 3.50. The third-order valence-corrected chi connectivity index (χ3v) is 1.62. The fraction of sp³-hybridized carbons (Fsp3) is 0.667. The summed E-state index contributed by atoms with van der Waals surface area (Å²) in [5, 5.41) is 16.7. The summed E-state index contributed by atoms with van der Waals surface area (Å²) in [6, 6.07) is 0. The Labute approximate surface area is 57.5 Å². The Bertz CT molecular complexity index is 101. The highest BCUT2D eigenvalue weighted by Gasteiger charge is 2.28. The van der Waals surface area contributed by atoms with Gasteiger partial charge < -0.3 is 10.2 Å². The van der Waals surface area contributed by atoms with Gasteiger partial charge in [0.15, 0.2) is 0 Å². The van der Waals surface area contributed by atoms with E-state index in [0.717, 1.165) is 0 Å². The summed E-state index contributed by atoms with van der Waals surface area (Å²) in [5.41, 5.74) is 0. The molecule has 0 aliphatic carbocycles. The molecule has 0 saturated carbocycles. The molecular formula is C3H6O3S2. The Balaban J connectivity index is 3.91. The summed E-state index contributed by atoms with van der Waals surface area (Å²) in [5.74, 6) is -1.58. The van der Waals surface area contributed by atoms with E-state index in [2.05, 4.69) is 25.3 Å². The molecule has 1 atom stereocenters. The highest BCUT2D eigenvalue weighted by atomic mass is 32.1. The van der Waals surface area contributed by atoms with Crippen LogP contribution in [0.1, 0.15) is 0 Å². The molecule has 0 radical (unpaired) electrons. The predicted octanol–water partition coefficient (Wildman–Crippen LogP) is -0.381. The standard InChI is InChI=1S/C3H6O3S2/c4-2(5)3(6,8)1-7/h6-8H,1H2,(H,4,5). The summed E-state index contributed by atoms with van der Waals surface area (Å²) in [7, 11) is 0. The van der Waals surface area contributed by atoms with E-state index in [1.165, 1.54) is 0 Å². The van der Waals surface area contributed by atoms with Crippen LogP contribution in [0.25, 0.3) is 0 Å². The van der Waals surface area contributed by atoms with Gasteiger partial charge in [0.1, 0.15) is 0 Å². The van der Waals surface area contributed by atoms with Crippen LogP contribution in [0.2, 0.25) is 0 Å². The van der Waals surface area contributed by atoms with Gasteiger partial charge in [0.25, 0.3) is 0 Å². The van der Waals surface area contributed by atoms with E-state index in [4.69, 9.17) is 10.2 Å². The zero-order valence-electron chi connectivity index (χ0n) is 3.90. The normalized spacial score (nSPS) is 17.4. The van der Waals surface area contributed by atoms with Gasteiger partial charge in [-0.2, -0.15) is 12.6 Å². The smallest absolute Gasteiger partial charge is 0.347 e. The lowest BCUT2D eigenvalue weighted by Crippen LogP contribution is -2.33. The summed E-state index contributed by atoms with van der Waals surface area (Å²) in [6.07, 6.45) is 0. The Kier molecular flexibility index (Phi) is 2.65. The molecule has 8 heavy (non-hydrogen) atoms. The number of aliphatic carboxylic acids is 1. The molecule has 0 fully saturated rings. The molecule has 0 saturated heterocycles. The van der Waals surface area contributed by atoms with Gasteiger partial charge in [-0.3, -0.25) is 0 Å². The number of carboxylic acids is 1. The van der Waals surface area contributed by atoms with Crippen LogP contribution in [0, 0.1) is 0 Å². The number of rotatable bonds is 2. The molecule has 3 nitrogen and oxygen atoms in total. The largest absolute Gasteiger partial charge is 0.478 e. The molecular weight excluding hydrogens is 148 g/mol. The topological polar surface area (TPSA) is 57.5 Å². The van der Waals surface area contributed by atoms with Crippen LogP contribution in [0.3, 0.4) is 0 Å². The summed E-state index contributed by atoms with van der Waals surface area (Å²) >= 11 is 6.89. The third kappa shape index (κ3) is 1.94. The predicted molar refractivity (Wildman–Crippen MR) is 35.4 cm³/mol. The van der Waals surface area contributed by atoms with Gasteiger partial charge in [0.05, 0.1) is 0 Å². The molecule has 0 amide bonds. The van der Waals surface area contributed by atoms with Crippen molar-refractivity contribution in [3.8, 4) is 0 Å². The zero-order chi connectivity index (χ0) is 6.78. The van der Waals surface area contributed by atoms with E-state index in [1.54, 1.807) is 0 Å². The van der Waals surface area contributed by atoms with Crippen LogP contribution in [0.15, 0.2) is 0 Å². The van der Waals surface area contributed by atoms with E-state index in [-0.39, 0.29) is 5.75 Å². The van der Waals surface area contributed by atoms with E-state index in [9.17, 15) is 4.79 Å². The van der Waals surface area contributed by atoms with Crippen molar-refractivity contribution >= 4 is 31.2 Å². The van der Waals surface area contributed by atoms with Crippen molar-refractivity contribution < 1.29 is 15.0 Å². The van der Waals surface area contributed by atoms with Gasteiger partial charge in [-0.05, 0) is 0 Å². The highest BCUT2D eigenvalue weighted by Crippen LogP contribution is 2.10. The molecule has 0 aliphatic heterocycles. The number of carbonyl (C=O) groups is 1. The molecule has 0 aliphatic rings. The third-order valence-electron chi connectivity index (χ3n) is 0.563. The van der Waals surface area contributed by atoms with Crippen LogP contribution in [0.5, 0.6) is 0 Å². The SMILES string of the molecule is O=C(O)C(O)(S)CS. The Morgan fingerprint density at radius 1 is 1.75 bits per heavy atom. The van der Waals surface area contributed by atoms with Crippen molar-refractivity contribution in [1.82, 2.24) is 0 Å². The Morgan fingerprint density at radius 2 is 2.12 bits per heavy atom. The first kappa shape index (κ1) is 8.13. The van der Waals surface area contributed by atoms with E-state index < -0.39 is 10.9 Å². The number of hydrogen-bond acceptors (Lipinski definition) is 4.